The topological polar surface area (TPSA) is 118 Å². The highest BCUT2D eigenvalue weighted by Crippen LogP contribution is 2.32. The second kappa shape index (κ2) is 8.73. The number of hydrogen-bond donors (Lipinski definition) is 3. The Labute approximate surface area is 175 Å². The molecule has 0 unspecified atom stereocenters. The van der Waals surface area contributed by atoms with Crippen molar-refractivity contribution in [1.82, 2.24) is 19.7 Å². The second-order valence-corrected chi connectivity index (χ2v) is 6.80. The Balaban J connectivity index is 2.02. The number of aryl methyl sites for hydroxylation is 2. The van der Waals surface area contributed by atoms with Crippen molar-refractivity contribution in [3.8, 4) is 5.75 Å². The van der Waals surface area contributed by atoms with Gasteiger partial charge in [0.2, 0.25) is 0 Å². The predicted octanol–water partition coefficient (Wildman–Crippen LogP) is 3.99. The Bertz CT molecular complexity index is 1090. The van der Waals surface area contributed by atoms with Gasteiger partial charge in [0.15, 0.2) is 23.2 Å². The molecule has 0 spiro atoms. The van der Waals surface area contributed by atoms with Crippen molar-refractivity contribution in [2.45, 2.75) is 27.2 Å². The van der Waals surface area contributed by atoms with Gasteiger partial charge in [-0.2, -0.15) is 5.10 Å². The van der Waals surface area contributed by atoms with Gasteiger partial charge in [0, 0.05) is 55.0 Å². The van der Waals surface area contributed by atoms with Crippen molar-refractivity contribution in [1.29, 1.82) is 5.41 Å². The van der Waals surface area contributed by atoms with Crippen LogP contribution in [0.1, 0.15) is 41.9 Å². The lowest BCUT2D eigenvalue weighted by atomic mass is 10.1. The molecule has 9 nitrogen and oxygen atoms in total. The third-order valence-electron chi connectivity index (χ3n) is 4.66. The SMILES string of the molecule is CCC(=O)c1cnc(Nc2cc(C)n(C)n2)cc1Nc1nccc(C(C)=N)c1OC. The van der Waals surface area contributed by atoms with E-state index in [1.165, 1.54) is 13.3 Å². The van der Waals surface area contributed by atoms with E-state index in [4.69, 9.17) is 10.1 Å². The average molecular weight is 407 g/mol. The molecule has 0 fully saturated rings. The maximum absolute atomic E-state index is 12.5. The van der Waals surface area contributed by atoms with Crippen LogP contribution in [0.4, 0.5) is 23.1 Å². The highest BCUT2D eigenvalue weighted by atomic mass is 16.5. The highest BCUT2D eigenvalue weighted by Gasteiger charge is 2.17. The summed E-state index contributed by atoms with van der Waals surface area (Å²) in [6, 6.07) is 5.35. The summed E-state index contributed by atoms with van der Waals surface area (Å²) in [5.41, 5.74) is 2.96. The number of nitrogens with one attached hydrogen (secondary N) is 3. The molecular weight excluding hydrogens is 382 g/mol. The first-order valence-electron chi connectivity index (χ1n) is 9.50. The molecule has 0 radical (unpaired) electrons. The number of anilines is 4. The Kier molecular flexibility index (Phi) is 6.10. The number of methoxy groups -OCH3 is 1. The van der Waals surface area contributed by atoms with E-state index in [0.717, 1.165) is 5.69 Å². The lowest BCUT2D eigenvalue weighted by Crippen LogP contribution is -2.08. The third-order valence-corrected chi connectivity index (χ3v) is 4.66. The van der Waals surface area contributed by atoms with Crippen LogP contribution in [-0.2, 0) is 7.05 Å². The van der Waals surface area contributed by atoms with E-state index >= 15 is 0 Å². The van der Waals surface area contributed by atoms with Crippen LogP contribution in [0.3, 0.4) is 0 Å². The fraction of sp³-hybridized carbons (Fsp3) is 0.286. The molecule has 3 heterocycles. The number of carbonyl (C=O) groups is 1. The van der Waals surface area contributed by atoms with E-state index < -0.39 is 0 Å². The molecule has 3 aromatic heterocycles. The molecule has 0 aliphatic carbocycles. The zero-order chi connectivity index (χ0) is 21.8. The predicted molar refractivity (Wildman–Crippen MR) is 117 cm³/mol. The fourth-order valence-corrected chi connectivity index (χ4v) is 2.96. The van der Waals surface area contributed by atoms with Gasteiger partial charge in [0.1, 0.15) is 5.82 Å². The van der Waals surface area contributed by atoms with Crippen molar-refractivity contribution >= 4 is 34.6 Å². The average Bonchev–Trinajstić information content (AvgIpc) is 3.04. The molecule has 0 amide bonds. The number of ether oxygens (including phenoxy) is 1. The van der Waals surface area contributed by atoms with Gasteiger partial charge in [-0.05, 0) is 19.9 Å². The smallest absolute Gasteiger partial charge is 0.173 e. The minimum Gasteiger partial charge on any atom is -0.492 e. The van der Waals surface area contributed by atoms with Gasteiger partial charge in [-0.1, -0.05) is 6.92 Å². The number of pyridine rings is 2. The summed E-state index contributed by atoms with van der Waals surface area (Å²) in [5.74, 6) is 1.98. The summed E-state index contributed by atoms with van der Waals surface area (Å²) in [6.45, 7) is 5.43. The van der Waals surface area contributed by atoms with E-state index in [0.29, 0.717) is 52.1 Å². The summed E-state index contributed by atoms with van der Waals surface area (Å²) >= 11 is 0. The monoisotopic (exact) mass is 407 g/mol. The van der Waals surface area contributed by atoms with Crippen molar-refractivity contribution in [2.75, 3.05) is 17.7 Å². The van der Waals surface area contributed by atoms with Gasteiger partial charge >= 0.3 is 0 Å². The first kappa shape index (κ1) is 21.0. The molecule has 156 valence electrons. The van der Waals surface area contributed by atoms with Crippen LogP contribution in [0.2, 0.25) is 0 Å². The second-order valence-electron chi connectivity index (χ2n) is 6.80. The Morgan fingerprint density at radius 2 is 1.97 bits per heavy atom. The minimum atomic E-state index is -0.0522. The van der Waals surface area contributed by atoms with Crippen LogP contribution in [0.15, 0.2) is 30.6 Å². The standard InChI is InChI=1S/C21H25N7O2/c1-6-17(29)15-11-24-18(26-19-9-12(2)28(4)27-19)10-16(15)25-21-20(30-5)14(13(3)22)7-8-23-21/h7-11,22H,6H2,1-5H3,(H2,23,24,25,26,27). The van der Waals surface area contributed by atoms with Crippen LogP contribution >= 0.6 is 0 Å². The summed E-state index contributed by atoms with van der Waals surface area (Å²) in [6.07, 6.45) is 3.47. The number of hydrogen-bond acceptors (Lipinski definition) is 8. The van der Waals surface area contributed by atoms with Gasteiger partial charge in [-0.3, -0.25) is 9.48 Å². The lowest BCUT2D eigenvalue weighted by molar-refractivity contribution is 0.0988. The van der Waals surface area contributed by atoms with Gasteiger partial charge in [0.25, 0.3) is 0 Å². The highest BCUT2D eigenvalue weighted by molar-refractivity contribution is 6.03. The fourth-order valence-electron chi connectivity index (χ4n) is 2.96. The molecular formula is C21H25N7O2. The van der Waals surface area contributed by atoms with Crippen molar-refractivity contribution in [2.24, 2.45) is 7.05 Å². The molecule has 3 N–H and O–H groups in total. The Morgan fingerprint density at radius 1 is 1.20 bits per heavy atom. The zero-order valence-electron chi connectivity index (χ0n) is 17.7. The van der Waals surface area contributed by atoms with E-state index in [1.807, 2.05) is 20.0 Å². The van der Waals surface area contributed by atoms with Crippen LogP contribution in [0.25, 0.3) is 0 Å². The zero-order valence-corrected chi connectivity index (χ0v) is 17.7. The number of rotatable bonds is 8. The lowest BCUT2D eigenvalue weighted by Gasteiger charge is -2.16. The van der Waals surface area contributed by atoms with Crippen LogP contribution in [0.5, 0.6) is 5.75 Å². The number of carbonyl (C=O) groups excluding carboxylic acids is 1. The largest absolute Gasteiger partial charge is 0.492 e. The van der Waals surface area contributed by atoms with Gasteiger partial charge in [-0.15, -0.1) is 0 Å². The first-order valence-corrected chi connectivity index (χ1v) is 9.50. The summed E-state index contributed by atoms with van der Waals surface area (Å²) < 4.78 is 7.24. The van der Waals surface area contributed by atoms with Crippen molar-refractivity contribution < 1.29 is 9.53 Å². The first-order chi connectivity index (χ1) is 14.3. The van der Waals surface area contributed by atoms with Crippen LogP contribution < -0.4 is 15.4 Å². The third kappa shape index (κ3) is 4.29. The van der Waals surface area contributed by atoms with Gasteiger partial charge < -0.3 is 20.8 Å². The number of Topliss-reactive ketones (excluding diaryl/α,β-unsaturated/α-hetero) is 1. The maximum atomic E-state index is 12.5. The normalized spacial score (nSPS) is 10.6. The molecule has 3 aromatic rings. The summed E-state index contributed by atoms with van der Waals surface area (Å²) in [7, 11) is 3.38. The summed E-state index contributed by atoms with van der Waals surface area (Å²) in [4.78, 5) is 21.2. The molecule has 0 saturated heterocycles. The van der Waals surface area contributed by atoms with Gasteiger partial charge in [-0.25, -0.2) is 9.97 Å². The van der Waals surface area contributed by atoms with Crippen LogP contribution in [0, 0.1) is 12.3 Å². The molecule has 0 saturated carbocycles. The van der Waals surface area contributed by atoms with E-state index in [9.17, 15) is 4.79 Å². The molecule has 30 heavy (non-hydrogen) atoms. The number of ketones is 1. The van der Waals surface area contributed by atoms with E-state index in [1.54, 1.807) is 36.9 Å². The Morgan fingerprint density at radius 3 is 2.57 bits per heavy atom. The molecule has 9 heteroatoms. The molecule has 0 aromatic carbocycles. The van der Waals surface area contributed by atoms with E-state index in [2.05, 4.69) is 25.7 Å². The minimum absolute atomic E-state index is 0.0522. The van der Waals surface area contributed by atoms with Crippen molar-refractivity contribution in [3.63, 3.8) is 0 Å². The molecule has 0 aliphatic heterocycles. The van der Waals surface area contributed by atoms with Gasteiger partial charge in [0.05, 0.1) is 18.4 Å². The molecule has 0 aliphatic rings. The number of nitrogens with zero attached hydrogens (tertiary/aromatic N) is 4. The maximum Gasteiger partial charge on any atom is 0.173 e. The number of aromatic nitrogens is 4. The Hall–Kier alpha value is -3.75. The molecule has 0 bridgehead atoms. The quantitative estimate of drug-likeness (QED) is 0.381. The van der Waals surface area contributed by atoms with E-state index in [-0.39, 0.29) is 5.78 Å². The van der Waals surface area contributed by atoms with Crippen LogP contribution in [-0.4, -0.2) is 38.4 Å². The molecule has 0 atom stereocenters. The molecule has 3 rings (SSSR count). The summed E-state index contributed by atoms with van der Waals surface area (Å²) in [5, 5.41) is 18.7. The van der Waals surface area contributed by atoms with Crippen molar-refractivity contribution in [3.05, 3.63) is 47.4 Å².